The van der Waals surface area contributed by atoms with Crippen molar-refractivity contribution in [3.63, 3.8) is 0 Å². The van der Waals surface area contributed by atoms with Gasteiger partial charge in [-0.25, -0.2) is 4.99 Å². The average molecular weight is 397 g/mol. The Balaban J connectivity index is 1.85. The number of carbonyl (C=O) groups is 1. The molecule has 1 amide bonds. The fourth-order valence-corrected chi connectivity index (χ4v) is 3.62. The van der Waals surface area contributed by atoms with Gasteiger partial charge in [0.05, 0.1) is 23.8 Å². The van der Waals surface area contributed by atoms with E-state index >= 15 is 0 Å². The maximum absolute atomic E-state index is 12.6. The summed E-state index contributed by atoms with van der Waals surface area (Å²) in [6.45, 7) is 5.19. The van der Waals surface area contributed by atoms with E-state index in [0.717, 1.165) is 23.4 Å². The molecule has 0 spiro atoms. The Kier molecular flexibility index (Phi) is 6.76. The van der Waals surface area contributed by atoms with Gasteiger partial charge in [-0.15, -0.1) is 0 Å². The lowest BCUT2D eigenvalue weighted by Gasteiger charge is -2.12. The van der Waals surface area contributed by atoms with E-state index < -0.39 is 0 Å². The first-order chi connectivity index (χ1) is 13.6. The van der Waals surface area contributed by atoms with Crippen LogP contribution in [0.5, 0.6) is 11.5 Å². The second kappa shape index (κ2) is 9.46. The molecule has 0 aromatic heterocycles. The SMILES string of the molecule is CCCOc1ccc(/C=C2/SC(=Nc3ccccc3)N(C)C2=O)cc1OCC. The van der Waals surface area contributed by atoms with Crippen LogP contribution in [0, 0.1) is 0 Å². The van der Waals surface area contributed by atoms with E-state index in [9.17, 15) is 4.79 Å². The van der Waals surface area contributed by atoms with Crippen molar-refractivity contribution in [2.45, 2.75) is 20.3 Å². The monoisotopic (exact) mass is 396 g/mol. The molecule has 1 aliphatic rings. The largest absolute Gasteiger partial charge is 0.490 e. The molecule has 0 radical (unpaired) electrons. The van der Waals surface area contributed by atoms with E-state index in [4.69, 9.17) is 9.47 Å². The Labute approximate surface area is 170 Å². The topological polar surface area (TPSA) is 51.1 Å². The number of hydrogen-bond acceptors (Lipinski definition) is 5. The highest BCUT2D eigenvalue weighted by atomic mass is 32.2. The van der Waals surface area contributed by atoms with Gasteiger partial charge >= 0.3 is 0 Å². The van der Waals surface area contributed by atoms with Gasteiger partial charge in [-0.3, -0.25) is 9.69 Å². The lowest BCUT2D eigenvalue weighted by molar-refractivity contribution is -0.121. The van der Waals surface area contributed by atoms with E-state index in [1.807, 2.05) is 61.5 Å². The molecule has 6 heteroatoms. The summed E-state index contributed by atoms with van der Waals surface area (Å²) in [4.78, 5) is 19.4. The first-order valence-electron chi connectivity index (χ1n) is 9.33. The zero-order valence-electron chi connectivity index (χ0n) is 16.3. The van der Waals surface area contributed by atoms with Crippen LogP contribution in [-0.4, -0.2) is 36.2 Å². The van der Waals surface area contributed by atoms with Crippen LogP contribution in [0.15, 0.2) is 58.4 Å². The summed E-state index contributed by atoms with van der Waals surface area (Å²) in [7, 11) is 1.74. The molecule has 2 aromatic rings. The highest BCUT2D eigenvalue weighted by molar-refractivity contribution is 8.18. The van der Waals surface area contributed by atoms with Gasteiger partial charge in [0.1, 0.15) is 0 Å². The smallest absolute Gasteiger partial charge is 0.266 e. The Morgan fingerprint density at radius 3 is 2.57 bits per heavy atom. The summed E-state index contributed by atoms with van der Waals surface area (Å²) in [5.41, 5.74) is 1.71. The second-order valence-corrected chi connectivity index (χ2v) is 7.20. The number of para-hydroxylation sites is 1. The van der Waals surface area contributed by atoms with Gasteiger partial charge in [0.15, 0.2) is 16.7 Å². The van der Waals surface area contributed by atoms with E-state index in [2.05, 4.69) is 11.9 Å². The van der Waals surface area contributed by atoms with E-state index in [1.54, 1.807) is 11.9 Å². The third-order valence-electron chi connectivity index (χ3n) is 4.01. The third-order valence-corrected chi connectivity index (χ3v) is 5.07. The van der Waals surface area contributed by atoms with Crippen LogP contribution in [0.4, 0.5) is 5.69 Å². The third kappa shape index (κ3) is 4.75. The predicted octanol–water partition coefficient (Wildman–Crippen LogP) is 5.11. The molecule has 1 fully saturated rings. The van der Waals surface area contributed by atoms with Crippen LogP contribution >= 0.6 is 11.8 Å². The van der Waals surface area contributed by atoms with Crippen LogP contribution in [0.25, 0.3) is 6.08 Å². The minimum atomic E-state index is -0.0658. The van der Waals surface area contributed by atoms with Gasteiger partial charge in [0, 0.05) is 7.05 Å². The number of likely N-dealkylation sites (N-methyl/N-ethyl adjacent to an activating group) is 1. The highest BCUT2D eigenvalue weighted by Crippen LogP contribution is 2.35. The summed E-state index contributed by atoms with van der Waals surface area (Å²) >= 11 is 1.37. The van der Waals surface area contributed by atoms with E-state index in [1.165, 1.54) is 11.8 Å². The van der Waals surface area contributed by atoms with Gasteiger partial charge in [0.25, 0.3) is 5.91 Å². The first kappa shape index (κ1) is 20.0. The maximum atomic E-state index is 12.6. The molecule has 0 saturated carbocycles. The van der Waals surface area contributed by atoms with Crippen molar-refractivity contribution in [3.8, 4) is 11.5 Å². The molecule has 0 atom stereocenters. The molecular formula is C22H24N2O3S. The quantitative estimate of drug-likeness (QED) is 0.611. The molecule has 0 N–H and O–H groups in total. The number of thioether (sulfide) groups is 1. The zero-order chi connectivity index (χ0) is 19.9. The molecule has 146 valence electrons. The number of carbonyl (C=O) groups excluding carboxylic acids is 1. The second-order valence-electron chi connectivity index (χ2n) is 6.19. The number of aliphatic imine (C=N–C) groups is 1. The van der Waals surface area contributed by atoms with Gasteiger partial charge in [0.2, 0.25) is 0 Å². The number of rotatable bonds is 7. The van der Waals surface area contributed by atoms with Crippen LogP contribution in [0.3, 0.4) is 0 Å². The molecule has 0 unspecified atom stereocenters. The number of nitrogens with zero attached hydrogens (tertiary/aromatic N) is 2. The number of hydrogen-bond donors (Lipinski definition) is 0. The van der Waals surface area contributed by atoms with Gasteiger partial charge in [-0.05, 0) is 61.0 Å². The Morgan fingerprint density at radius 2 is 1.86 bits per heavy atom. The Hall–Kier alpha value is -2.73. The molecule has 2 aromatic carbocycles. The Morgan fingerprint density at radius 1 is 1.07 bits per heavy atom. The molecular weight excluding hydrogens is 372 g/mol. The molecule has 1 heterocycles. The lowest BCUT2D eigenvalue weighted by atomic mass is 10.2. The average Bonchev–Trinajstić information content (AvgIpc) is 2.96. The van der Waals surface area contributed by atoms with E-state index in [-0.39, 0.29) is 5.91 Å². The molecule has 0 bridgehead atoms. The molecule has 0 aliphatic carbocycles. The van der Waals surface area contributed by atoms with Crippen LogP contribution in [-0.2, 0) is 4.79 Å². The maximum Gasteiger partial charge on any atom is 0.266 e. The molecule has 1 saturated heterocycles. The van der Waals surface area contributed by atoms with Crippen LogP contribution in [0.2, 0.25) is 0 Å². The van der Waals surface area contributed by atoms with Gasteiger partial charge < -0.3 is 9.47 Å². The van der Waals surface area contributed by atoms with Crippen molar-refractivity contribution in [3.05, 3.63) is 59.0 Å². The van der Waals surface area contributed by atoms with Crippen molar-refractivity contribution in [2.75, 3.05) is 20.3 Å². The summed E-state index contributed by atoms with van der Waals surface area (Å²) in [6, 6.07) is 15.3. The standard InChI is InChI=1S/C22H24N2O3S/c1-4-13-27-18-12-11-16(14-19(18)26-5-2)15-20-21(25)24(3)22(28-20)23-17-9-7-6-8-10-17/h6-12,14-15H,4-5,13H2,1-3H3/b20-15+,23-22?. The summed E-state index contributed by atoms with van der Waals surface area (Å²) in [6.07, 6.45) is 2.79. The zero-order valence-corrected chi connectivity index (χ0v) is 17.2. The number of benzene rings is 2. The number of amidine groups is 1. The minimum absolute atomic E-state index is 0.0658. The number of amides is 1. The minimum Gasteiger partial charge on any atom is -0.490 e. The fourth-order valence-electron chi connectivity index (χ4n) is 2.63. The molecule has 1 aliphatic heterocycles. The summed E-state index contributed by atoms with van der Waals surface area (Å²) in [5, 5.41) is 0.662. The summed E-state index contributed by atoms with van der Waals surface area (Å²) in [5.74, 6) is 1.34. The van der Waals surface area contributed by atoms with Crippen molar-refractivity contribution in [1.82, 2.24) is 4.90 Å². The van der Waals surface area contributed by atoms with Crippen LogP contribution in [0.1, 0.15) is 25.8 Å². The van der Waals surface area contributed by atoms with Gasteiger partial charge in [-0.1, -0.05) is 31.2 Å². The van der Waals surface area contributed by atoms with Crippen molar-refractivity contribution < 1.29 is 14.3 Å². The van der Waals surface area contributed by atoms with Crippen LogP contribution < -0.4 is 9.47 Å². The lowest BCUT2D eigenvalue weighted by Crippen LogP contribution is -2.23. The molecule has 28 heavy (non-hydrogen) atoms. The summed E-state index contributed by atoms with van der Waals surface area (Å²) < 4.78 is 11.4. The normalized spacial score (nSPS) is 16.8. The molecule has 5 nitrogen and oxygen atoms in total. The predicted molar refractivity (Wildman–Crippen MR) is 115 cm³/mol. The molecule has 3 rings (SSSR count). The fraction of sp³-hybridized carbons (Fsp3) is 0.273. The van der Waals surface area contributed by atoms with Crippen molar-refractivity contribution in [2.24, 2.45) is 4.99 Å². The number of ether oxygens (including phenoxy) is 2. The Bertz CT molecular complexity index is 894. The highest BCUT2D eigenvalue weighted by Gasteiger charge is 2.30. The van der Waals surface area contributed by atoms with Crippen molar-refractivity contribution in [1.29, 1.82) is 0 Å². The van der Waals surface area contributed by atoms with E-state index in [0.29, 0.717) is 29.0 Å². The van der Waals surface area contributed by atoms with Crippen molar-refractivity contribution >= 4 is 34.6 Å². The van der Waals surface area contributed by atoms with Gasteiger partial charge in [-0.2, -0.15) is 0 Å². The first-order valence-corrected chi connectivity index (χ1v) is 10.1.